The summed E-state index contributed by atoms with van der Waals surface area (Å²) >= 11 is 5.86. The van der Waals surface area contributed by atoms with Crippen LogP contribution < -0.4 is 5.73 Å². The number of hydrogen-bond acceptors (Lipinski definition) is 4. The van der Waals surface area contributed by atoms with Gasteiger partial charge in [-0.2, -0.15) is 0 Å². The summed E-state index contributed by atoms with van der Waals surface area (Å²) in [6.07, 6.45) is 0.356. The number of rotatable bonds is 5. The maximum Gasteiger partial charge on any atom is 0.323 e. The van der Waals surface area contributed by atoms with E-state index in [0.717, 1.165) is 11.1 Å². The number of aromatic hydroxyl groups is 1. The van der Waals surface area contributed by atoms with Gasteiger partial charge in [-0.15, -0.1) is 0 Å². The third-order valence-electron chi connectivity index (χ3n) is 2.96. The molecule has 0 amide bonds. The minimum Gasteiger partial charge on any atom is -0.508 e. The first-order valence-electron chi connectivity index (χ1n) is 6.49. The van der Waals surface area contributed by atoms with Gasteiger partial charge in [0.25, 0.3) is 0 Å². The Morgan fingerprint density at radius 1 is 1.19 bits per heavy atom. The lowest BCUT2D eigenvalue weighted by molar-refractivity contribution is -0.146. The van der Waals surface area contributed by atoms with E-state index in [9.17, 15) is 9.90 Å². The van der Waals surface area contributed by atoms with E-state index < -0.39 is 12.0 Å². The van der Waals surface area contributed by atoms with Crippen molar-refractivity contribution in [3.8, 4) is 5.75 Å². The molecular weight excluding hydrogens is 290 g/mol. The van der Waals surface area contributed by atoms with Crippen LogP contribution in [-0.2, 0) is 22.6 Å². The van der Waals surface area contributed by atoms with Crippen LogP contribution in [0.3, 0.4) is 0 Å². The Hall–Kier alpha value is -2.04. The zero-order valence-corrected chi connectivity index (χ0v) is 12.1. The number of benzene rings is 2. The van der Waals surface area contributed by atoms with Crippen LogP contribution in [0.15, 0.2) is 48.5 Å². The van der Waals surface area contributed by atoms with Gasteiger partial charge in [0, 0.05) is 5.02 Å². The lowest BCUT2D eigenvalue weighted by atomic mass is 10.1. The number of carbonyl (C=O) groups is 1. The van der Waals surface area contributed by atoms with Gasteiger partial charge in [-0.1, -0.05) is 35.9 Å². The third kappa shape index (κ3) is 4.77. The predicted octanol–water partition coefficient (Wildman–Crippen LogP) is 2.66. The number of esters is 1. The lowest BCUT2D eigenvalue weighted by Gasteiger charge is -2.12. The van der Waals surface area contributed by atoms with Gasteiger partial charge in [0.1, 0.15) is 18.4 Å². The Balaban J connectivity index is 1.86. The molecule has 0 aromatic heterocycles. The van der Waals surface area contributed by atoms with Crippen molar-refractivity contribution in [1.82, 2.24) is 0 Å². The van der Waals surface area contributed by atoms with Crippen LogP contribution in [0.5, 0.6) is 5.75 Å². The van der Waals surface area contributed by atoms with E-state index in [2.05, 4.69) is 0 Å². The van der Waals surface area contributed by atoms with E-state index in [0.29, 0.717) is 11.4 Å². The van der Waals surface area contributed by atoms with Crippen molar-refractivity contribution in [3.63, 3.8) is 0 Å². The van der Waals surface area contributed by atoms with E-state index >= 15 is 0 Å². The largest absolute Gasteiger partial charge is 0.508 e. The molecule has 2 aromatic carbocycles. The molecule has 3 N–H and O–H groups in total. The van der Waals surface area contributed by atoms with Gasteiger partial charge in [0.2, 0.25) is 0 Å². The van der Waals surface area contributed by atoms with E-state index in [1.807, 2.05) is 6.07 Å². The average molecular weight is 306 g/mol. The van der Waals surface area contributed by atoms with Crippen molar-refractivity contribution in [2.45, 2.75) is 19.1 Å². The van der Waals surface area contributed by atoms with Gasteiger partial charge in [-0.25, -0.2) is 0 Å². The highest BCUT2D eigenvalue weighted by Gasteiger charge is 2.15. The SMILES string of the molecule is N[C@@H](Cc1ccc(O)cc1)C(=O)OCc1cccc(Cl)c1. The third-order valence-corrected chi connectivity index (χ3v) is 3.20. The van der Waals surface area contributed by atoms with Crippen molar-refractivity contribution >= 4 is 17.6 Å². The normalized spacial score (nSPS) is 11.9. The number of ether oxygens (including phenoxy) is 1. The summed E-state index contributed by atoms with van der Waals surface area (Å²) in [6.45, 7) is 0.142. The minimum atomic E-state index is -0.742. The summed E-state index contributed by atoms with van der Waals surface area (Å²) in [5.41, 5.74) is 7.49. The number of phenols is 1. The quantitative estimate of drug-likeness (QED) is 0.833. The van der Waals surface area contributed by atoms with Crippen LogP contribution in [-0.4, -0.2) is 17.1 Å². The zero-order chi connectivity index (χ0) is 15.2. The highest BCUT2D eigenvalue weighted by atomic mass is 35.5. The molecule has 5 heteroatoms. The van der Waals surface area contributed by atoms with E-state index in [-0.39, 0.29) is 12.4 Å². The second-order valence-corrected chi connectivity index (χ2v) is 5.15. The van der Waals surface area contributed by atoms with Gasteiger partial charge in [-0.3, -0.25) is 4.79 Å². The average Bonchev–Trinajstić information content (AvgIpc) is 2.47. The highest BCUT2D eigenvalue weighted by Crippen LogP contribution is 2.13. The molecule has 0 radical (unpaired) electrons. The molecular formula is C16H16ClNO3. The monoisotopic (exact) mass is 305 g/mol. The molecule has 0 saturated heterocycles. The second-order valence-electron chi connectivity index (χ2n) is 4.71. The molecule has 21 heavy (non-hydrogen) atoms. The van der Waals surface area contributed by atoms with Crippen molar-refractivity contribution in [2.24, 2.45) is 5.73 Å². The maximum atomic E-state index is 11.8. The Morgan fingerprint density at radius 3 is 2.57 bits per heavy atom. The number of phenolic OH excluding ortho intramolecular Hbond substituents is 1. The molecule has 0 unspecified atom stereocenters. The molecule has 2 rings (SSSR count). The summed E-state index contributed by atoms with van der Waals surface area (Å²) in [7, 11) is 0. The van der Waals surface area contributed by atoms with Crippen LogP contribution in [0.4, 0.5) is 0 Å². The fourth-order valence-electron chi connectivity index (χ4n) is 1.86. The topological polar surface area (TPSA) is 72.5 Å². The predicted molar refractivity (Wildman–Crippen MR) is 81.0 cm³/mol. The number of hydrogen-bond donors (Lipinski definition) is 2. The van der Waals surface area contributed by atoms with Gasteiger partial charge in [0.05, 0.1) is 0 Å². The molecule has 0 heterocycles. The number of nitrogens with two attached hydrogens (primary N) is 1. The Morgan fingerprint density at radius 2 is 1.90 bits per heavy atom. The van der Waals surface area contributed by atoms with Gasteiger partial charge < -0.3 is 15.6 Å². The standard InChI is InChI=1S/C16H16ClNO3/c17-13-3-1-2-12(8-13)10-21-16(20)15(18)9-11-4-6-14(19)7-5-11/h1-8,15,19H,9-10,18H2/t15-/m0/s1. The minimum absolute atomic E-state index is 0.142. The van der Waals surface area contributed by atoms with Crippen LogP contribution >= 0.6 is 11.6 Å². The molecule has 0 aliphatic heterocycles. The Kier molecular flexibility index (Phi) is 5.20. The van der Waals surface area contributed by atoms with E-state index in [1.54, 1.807) is 42.5 Å². The number of halogens is 1. The summed E-state index contributed by atoms with van der Waals surface area (Å²) in [5, 5.41) is 9.79. The zero-order valence-electron chi connectivity index (χ0n) is 11.3. The fraction of sp³-hybridized carbons (Fsp3) is 0.188. The molecule has 0 fully saturated rings. The Bertz CT molecular complexity index is 613. The summed E-state index contributed by atoms with van der Waals surface area (Å²) in [5.74, 6) is -0.293. The van der Waals surface area contributed by atoms with Crippen LogP contribution in [0, 0.1) is 0 Å². The number of carbonyl (C=O) groups excluding carboxylic acids is 1. The van der Waals surface area contributed by atoms with Crippen molar-refractivity contribution < 1.29 is 14.6 Å². The molecule has 110 valence electrons. The van der Waals surface area contributed by atoms with Crippen LogP contribution in [0.2, 0.25) is 5.02 Å². The van der Waals surface area contributed by atoms with Gasteiger partial charge >= 0.3 is 5.97 Å². The summed E-state index contributed by atoms with van der Waals surface area (Å²) in [4.78, 5) is 11.8. The molecule has 2 aromatic rings. The first-order valence-corrected chi connectivity index (χ1v) is 6.87. The van der Waals surface area contributed by atoms with Crippen molar-refractivity contribution in [2.75, 3.05) is 0 Å². The smallest absolute Gasteiger partial charge is 0.323 e. The molecule has 0 aliphatic rings. The first kappa shape index (κ1) is 15.4. The summed E-state index contributed by atoms with van der Waals surface area (Å²) < 4.78 is 5.17. The molecule has 0 aliphatic carbocycles. The van der Waals surface area contributed by atoms with Gasteiger partial charge in [0.15, 0.2) is 0 Å². The fourth-order valence-corrected chi connectivity index (χ4v) is 2.07. The molecule has 0 saturated carbocycles. The van der Waals surface area contributed by atoms with Gasteiger partial charge in [-0.05, 0) is 41.8 Å². The molecule has 0 spiro atoms. The lowest BCUT2D eigenvalue weighted by Crippen LogP contribution is -2.34. The molecule has 0 bridgehead atoms. The first-order chi connectivity index (χ1) is 10.0. The molecule has 4 nitrogen and oxygen atoms in total. The Labute approximate surface area is 128 Å². The van der Waals surface area contributed by atoms with E-state index in [4.69, 9.17) is 22.1 Å². The molecule has 1 atom stereocenters. The van der Waals surface area contributed by atoms with Crippen molar-refractivity contribution in [3.05, 3.63) is 64.7 Å². The summed E-state index contributed by atoms with van der Waals surface area (Å²) in [6, 6.07) is 12.9. The van der Waals surface area contributed by atoms with Crippen molar-refractivity contribution in [1.29, 1.82) is 0 Å². The highest BCUT2D eigenvalue weighted by molar-refractivity contribution is 6.30. The van der Waals surface area contributed by atoms with Crippen LogP contribution in [0.1, 0.15) is 11.1 Å². The van der Waals surface area contributed by atoms with E-state index in [1.165, 1.54) is 0 Å². The van der Waals surface area contributed by atoms with Crippen LogP contribution in [0.25, 0.3) is 0 Å². The second kappa shape index (κ2) is 7.11. The maximum absolute atomic E-state index is 11.8.